The van der Waals surface area contributed by atoms with Crippen LogP contribution < -0.4 is 11.4 Å². The van der Waals surface area contributed by atoms with E-state index in [1.54, 1.807) is 0 Å². The first kappa shape index (κ1) is 17.0. The highest BCUT2D eigenvalue weighted by Gasteiger charge is 2.47. The lowest BCUT2D eigenvalue weighted by Crippen LogP contribution is -2.36. The van der Waals surface area contributed by atoms with Crippen LogP contribution in [0, 0.1) is 0 Å². The van der Waals surface area contributed by atoms with Crippen LogP contribution in [0.15, 0.2) is 17.1 Å². The van der Waals surface area contributed by atoms with Gasteiger partial charge in [-0.05, 0) is 10.6 Å². The van der Waals surface area contributed by atoms with E-state index >= 15 is 0 Å². The SMILES string of the molecule is Nc1ccn([C@@H]2O[C@H](COP(=O)(O)O)[C@H](O)[C@H]2OF)c(=O)n1. The van der Waals surface area contributed by atoms with Crippen LogP contribution >= 0.6 is 7.82 Å². The second-order valence-electron chi connectivity index (χ2n) is 4.44. The highest BCUT2D eigenvalue weighted by Crippen LogP contribution is 2.38. The molecule has 5 N–H and O–H groups in total. The summed E-state index contributed by atoms with van der Waals surface area (Å²) in [7, 11) is -4.80. The molecule has 0 radical (unpaired) electrons. The van der Waals surface area contributed by atoms with E-state index in [4.69, 9.17) is 20.3 Å². The van der Waals surface area contributed by atoms with Gasteiger partial charge in [0.1, 0.15) is 18.0 Å². The lowest BCUT2D eigenvalue weighted by molar-refractivity contribution is -0.221. The number of halogens is 1. The maximum Gasteiger partial charge on any atom is 0.469 e. The predicted molar refractivity (Wildman–Crippen MR) is 66.8 cm³/mol. The van der Waals surface area contributed by atoms with Crippen LogP contribution in [0.25, 0.3) is 0 Å². The topological polar surface area (TPSA) is 166 Å². The molecule has 4 atom stereocenters. The number of nitrogens with zero attached hydrogens (tertiary/aromatic N) is 2. The molecule has 1 aromatic heterocycles. The first-order chi connectivity index (χ1) is 10.2. The molecule has 0 spiro atoms. The Kier molecular flexibility index (Phi) is 4.92. The Morgan fingerprint density at radius 2 is 2.23 bits per heavy atom. The first-order valence-corrected chi connectivity index (χ1v) is 7.41. The second kappa shape index (κ2) is 6.38. The zero-order chi connectivity index (χ0) is 16.5. The van der Waals surface area contributed by atoms with Crippen molar-refractivity contribution in [3.8, 4) is 0 Å². The van der Waals surface area contributed by atoms with Gasteiger partial charge in [-0.25, -0.2) is 9.36 Å². The number of ether oxygens (including phenoxy) is 1. The zero-order valence-electron chi connectivity index (χ0n) is 10.9. The van der Waals surface area contributed by atoms with Crippen LogP contribution in [0.1, 0.15) is 6.23 Å². The number of nitrogens with two attached hydrogens (primary N) is 1. The van der Waals surface area contributed by atoms with Crippen LogP contribution in [0.4, 0.5) is 10.3 Å². The van der Waals surface area contributed by atoms with Crippen molar-refractivity contribution in [3.63, 3.8) is 0 Å². The summed E-state index contributed by atoms with van der Waals surface area (Å²) in [5, 5.41) is 9.84. The third kappa shape index (κ3) is 3.67. The van der Waals surface area contributed by atoms with Crippen LogP contribution in [-0.2, 0) is 18.8 Å². The monoisotopic (exact) mass is 341 g/mol. The molecule has 0 aromatic carbocycles. The van der Waals surface area contributed by atoms with Gasteiger partial charge >= 0.3 is 13.5 Å². The van der Waals surface area contributed by atoms with Gasteiger partial charge in [0.05, 0.1) is 6.61 Å². The molecule has 0 bridgehead atoms. The minimum Gasteiger partial charge on any atom is -0.387 e. The van der Waals surface area contributed by atoms with E-state index in [1.807, 2.05) is 0 Å². The molecule has 1 aliphatic heterocycles. The molecule has 1 aliphatic rings. The molecule has 11 nitrogen and oxygen atoms in total. The van der Waals surface area contributed by atoms with Crippen molar-refractivity contribution in [3.05, 3.63) is 22.7 Å². The molecule has 1 fully saturated rings. The Bertz CT molecular complexity index is 636. The van der Waals surface area contributed by atoms with E-state index in [2.05, 4.69) is 14.4 Å². The summed E-state index contributed by atoms with van der Waals surface area (Å²) < 4.78 is 33.5. The Balaban J connectivity index is 2.21. The number of rotatable bonds is 5. The molecular formula is C9H13FN3O8P. The van der Waals surface area contributed by atoms with E-state index in [-0.39, 0.29) is 5.82 Å². The Morgan fingerprint density at radius 3 is 2.77 bits per heavy atom. The van der Waals surface area contributed by atoms with Gasteiger partial charge in [-0.2, -0.15) is 9.93 Å². The lowest BCUT2D eigenvalue weighted by atomic mass is 10.1. The van der Waals surface area contributed by atoms with Gasteiger partial charge in [-0.15, -0.1) is 0 Å². The Morgan fingerprint density at radius 1 is 1.55 bits per heavy atom. The average Bonchev–Trinajstić information content (AvgIpc) is 2.72. The predicted octanol–water partition coefficient (Wildman–Crippen LogP) is -1.54. The molecule has 22 heavy (non-hydrogen) atoms. The van der Waals surface area contributed by atoms with E-state index in [0.29, 0.717) is 0 Å². The normalized spacial score (nSPS) is 28.9. The van der Waals surface area contributed by atoms with E-state index in [1.165, 1.54) is 6.07 Å². The fraction of sp³-hybridized carbons (Fsp3) is 0.556. The van der Waals surface area contributed by atoms with Crippen molar-refractivity contribution in [1.82, 2.24) is 9.55 Å². The maximum absolute atomic E-state index is 12.6. The summed E-state index contributed by atoms with van der Waals surface area (Å²) >= 11 is 0. The molecule has 13 heteroatoms. The van der Waals surface area contributed by atoms with Crippen molar-refractivity contribution >= 4 is 13.6 Å². The van der Waals surface area contributed by atoms with Crippen molar-refractivity contribution in [1.29, 1.82) is 0 Å². The number of anilines is 1. The van der Waals surface area contributed by atoms with Crippen molar-refractivity contribution in [2.75, 3.05) is 12.3 Å². The molecule has 0 amide bonds. The number of hydrogen-bond donors (Lipinski definition) is 4. The number of phosphoric ester groups is 1. The van der Waals surface area contributed by atoms with Crippen molar-refractivity contribution in [2.24, 2.45) is 0 Å². The fourth-order valence-electron chi connectivity index (χ4n) is 1.97. The third-order valence-electron chi connectivity index (χ3n) is 2.95. The largest absolute Gasteiger partial charge is 0.469 e. The maximum atomic E-state index is 12.6. The van der Waals surface area contributed by atoms with Gasteiger partial charge in [0.2, 0.25) is 0 Å². The highest BCUT2D eigenvalue weighted by molar-refractivity contribution is 7.46. The number of hydrogen-bond acceptors (Lipinski definition) is 8. The fourth-order valence-corrected chi connectivity index (χ4v) is 2.31. The van der Waals surface area contributed by atoms with Gasteiger partial charge < -0.3 is 25.4 Å². The summed E-state index contributed by atoms with van der Waals surface area (Å²) in [5.41, 5.74) is 4.44. The summed E-state index contributed by atoms with van der Waals surface area (Å²) in [5.74, 6) is -0.0705. The van der Waals surface area contributed by atoms with Crippen molar-refractivity contribution < 1.29 is 38.2 Å². The van der Waals surface area contributed by atoms with E-state index < -0.39 is 44.7 Å². The first-order valence-electron chi connectivity index (χ1n) is 5.88. The molecule has 1 aromatic rings. The zero-order valence-corrected chi connectivity index (χ0v) is 11.7. The summed E-state index contributed by atoms with van der Waals surface area (Å²) in [4.78, 5) is 35.9. The minimum absolute atomic E-state index is 0.0705. The molecule has 2 rings (SSSR count). The molecular weight excluding hydrogens is 328 g/mol. The second-order valence-corrected chi connectivity index (χ2v) is 5.68. The average molecular weight is 341 g/mol. The summed E-state index contributed by atoms with van der Waals surface area (Å²) in [6.45, 7) is -0.737. The third-order valence-corrected chi connectivity index (χ3v) is 3.43. The van der Waals surface area contributed by atoms with Gasteiger partial charge in [0.15, 0.2) is 12.3 Å². The van der Waals surface area contributed by atoms with Gasteiger partial charge in [-0.3, -0.25) is 9.09 Å². The number of aliphatic hydroxyl groups excluding tert-OH is 1. The lowest BCUT2D eigenvalue weighted by Gasteiger charge is -2.17. The van der Waals surface area contributed by atoms with Crippen LogP contribution in [0.5, 0.6) is 0 Å². The molecule has 0 saturated carbocycles. The number of aliphatic hydroxyl groups is 1. The minimum atomic E-state index is -4.80. The molecule has 1 saturated heterocycles. The number of phosphoric acid groups is 1. The number of nitrogen functional groups attached to an aromatic ring is 1. The molecule has 2 heterocycles. The van der Waals surface area contributed by atoms with E-state index in [9.17, 15) is 19.0 Å². The van der Waals surface area contributed by atoms with E-state index in [0.717, 1.165) is 10.8 Å². The molecule has 124 valence electrons. The quantitative estimate of drug-likeness (QED) is 0.461. The van der Waals surface area contributed by atoms with Crippen LogP contribution in [0.2, 0.25) is 0 Å². The Hall–Kier alpha value is -1.40. The van der Waals surface area contributed by atoms with Gasteiger partial charge in [0, 0.05) is 6.20 Å². The molecule has 0 aliphatic carbocycles. The smallest absolute Gasteiger partial charge is 0.387 e. The van der Waals surface area contributed by atoms with Gasteiger partial charge in [0.25, 0.3) is 0 Å². The molecule has 0 unspecified atom stereocenters. The standard InChI is InChI=1S/C9H13FN3O8P/c10-21-7-6(14)4(3-19-22(16,17)18)20-8(7)13-2-1-5(11)12-9(13)15/h1-2,4,6-8,14H,3H2,(H2,11,12,15)(H2,16,17,18)/t4-,6+,7-,8-/m1/s1. The van der Waals surface area contributed by atoms with Crippen LogP contribution in [-0.4, -0.2) is 49.4 Å². The van der Waals surface area contributed by atoms with Crippen molar-refractivity contribution in [2.45, 2.75) is 24.5 Å². The summed E-state index contributed by atoms with van der Waals surface area (Å²) in [6.07, 6.45) is -4.84. The van der Waals surface area contributed by atoms with Crippen LogP contribution in [0.3, 0.4) is 0 Å². The number of aromatic nitrogens is 2. The summed E-state index contributed by atoms with van der Waals surface area (Å²) in [6, 6.07) is 1.24. The highest BCUT2D eigenvalue weighted by atomic mass is 31.2. The Labute approximate surface area is 122 Å². The van der Waals surface area contributed by atoms with Gasteiger partial charge in [-0.1, -0.05) is 0 Å².